The Kier molecular flexibility index (Phi) is 11.9. The molecule has 2 aromatic carbocycles. The second-order valence-corrected chi connectivity index (χ2v) is 19.2. The molecule has 2 saturated carbocycles. The third-order valence-electron chi connectivity index (χ3n) is 11.9. The first-order valence-electron chi connectivity index (χ1n) is 20.6. The van der Waals surface area contributed by atoms with Crippen molar-refractivity contribution in [1.82, 2.24) is 35.2 Å². The molecule has 59 heavy (non-hydrogen) atoms. The second-order valence-electron chi connectivity index (χ2n) is 17.3. The van der Waals surface area contributed by atoms with Crippen LogP contribution in [0, 0.1) is 11.3 Å². The lowest BCUT2D eigenvalue weighted by Gasteiger charge is -2.35. The number of aryl methyl sites for hydroxylation is 1. The standard InChI is InChI=1S/C43H55N7O8S/c1-6-30-25-43(30,40(53)48-59(55,56)32-19-20-32)45-38(51)33-24-31-26-49(33)39(52)37(42(2,3)4)44-41(54)58-22-14-9-7-8-11-17-28-23-29(18-21-34(28)57-5)36-35(46-50(31)47-36)27-15-12-10-13-16-27/h6,10,12-13,15-16,18,21,23,30-33,37H,1,7-9,11,14,17,19-20,22,24-26H2,2-5H3,(H,44,54)(H,45,51)(H,48,53)/t30-,31-,33+,37-,43-/m1/s1. The van der Waals surface area contributed by atoms with Crippen molar-refractivity contribution in [3.8, 4) is 28.3 Å². The van der Waals surface area contributed by atoms with Gasteiger partial charge in [-0.3, -0.25) is 19.1 Å². The minimum atomic E-state index is -3.92. The van der Waals surface area contributed by atoms with Gasteiger partial charge in [-0.25, -0.2) is 13.2 Å². The maximum Gasteiger partial charge on any atom is 0.407 e. The molecule has 3 heterocycles. The molecule has 15 nitrogen and oxygen atoms in total. The van der Waals surface area contributed by atoms with Crippen molar-refractivity contribution >= 4 is 33.8 Å². The number of amides is 4. The van der Waals surface area contributed by atoms with Gasteiger partial charge in [-0.2, -0.15) is 15.0 Å². The highest BCUT2D eigenvalue weighted by Crippen LogP contribution is 2.46. The van der Waals surface area contributed by atoms with Crippen LogP contribution in [0.2, 0.25) is 0 Å². The van der Waals surface area contributed by atoms with Gasteiger partial charge < -0.3 is 25.0 Å². The van der Waals surface area contributed by atoms with Crippen LogP contribution in [0.1, 0.15) is 90.2 Å². The number of alkyl carbamates (subject to hydrolysis) is 1. The number of hydrogen-bond acceptors (Lipinski definition) is 10. The van der Waals surface area contributed by atoms with Gasteiger partial charge in [0.25, 0.3) is 5.91 Å². The number of fused-ring (bicyclic) bond motifs is 8. The largest absolute Gasteiger partial charge is 0.496 e. The summed E-state index contributed by atoms with van der Waals surface area (Å²) in [4.78, 5) is 59.2. The number of methoxy groups -OCH3 is 1. The first-order valence-corrected chi connectivity index (χ1v) is 22.1. The SMILES string of the molecule is C=C[C@@H]1C[C@]1(NC(=O)[C@@H]1C[C@@H]2CN1C(=O)[C@H](C(C)(C)C)NC(=O)OCCCCCCCc1cc(ccc1OC)-c1nn2nc1-c1ccccc1)C(=O)NS(=O)(=O)C1CC1. The van der Waals surface area contributed by atoms with Crippen molar-refractivity contribution in [2.24, 2.45) is 11.3 Å². The molecule has 0 spiro atoms. The molecular weight excluding hydrogens is 775 g/mol. The smallest absolute Gasteiger partial charge is 0.407 e. The Morgan fingerprint density at radius 2 is 1.69 bits per heavy atom. The number of nitrogens with one attached hydrogen (secondary N) is 3. The number of carbonyl (C=O) groups excluding carboxylic acids is 4. The Balaban J connectivity index is 1.28. The van der Waals surface area contributed by atoms with Crippen LogP contribution in [0.25, 0.3) is 22.5 Å². The van der Waals surface area contributed by atoms with Crippen LogP contribution in [0.3, 0.4) is 0 Å². The molecule has 2 aliphatic heterocycles. The van der Waals surface area contributed by atoms with Gasteiger partial charge >= 0.3 is 6.09 Å². The van der Waals surface area contributed by atoms with Gasteiger partial charge in [-0.05, 0) is 67.7 Å². The molecule has 3 fully saturated rings. The molecule has 0 unspecified atom stereocenters. The normalized spacial score (nSPS) is 25.5. The van der Waals surface area contributed by atoms with Gasteiger partial charge in [0, 0.05) is 30.0 Å². The number of aromatic nitrogens is 3. The Bertz CT molecular complexity index is 2200. The summed E-state index contributed by atoms with van der Waals surface area (Å²) < 4.78 is 39.1. The van der Waals surface area contributed by atoms with E-state index in [4.69, 9.17) is 19.7 Å². The van der Waals surface area contributed by atoms with Crippen LogP contribution in [0.15, 0.2) is 61.2 Å². The van der Waals surface area contributed by atoms with E-state index in [1.165, 1.54) is 11.0 Å². The summed E-state index contributed by atoms with van der Waals surface area (Å²) in [6.07, 6.45) is 7.08. The number of rotatable bonds is 8. The summed E-state index contributed by atoms with van der Waals surface area (Å²) >= 11 is 0. The fourth-order valence-corrected chi connectivity index (χ4v) is 9.53. The molecule has 5 atom stereocenters. The Hall–Kier alpha value is -5.25. The van der Waals surface area contributed by atoms with Crippen LogP contribution in [0.5, 0.6) is 5.75 Å². The molecule has 6 bridgehead atoms. The van der Waals surface area contributed by atoms with E-state index in [1.807, 2.05) is 63.2 Å². The summed E-state index contributed by atoms with van der Waals surface area (Å²) in [5.74, 6) is -1.76. The molecule has 3 aromatic rings. The van der Waals surface area contributed by atoms with Gasteiger partial charge in [0.1, 0.15) is 34.8 Å². The van der Waals surface area contributed by atoms with Gasteiger partial charge in [0.15, 0.2) is 0 Å². The van der Waals surface area contributed by atoms with Gasteiger partial charge in [-0.15, -0.1) is 6.58 Å². The highest BCUT2D eigenvalue weighted by molar-refractivity contribution is 7.91. The quantitative estimate of drug-likeness (QED) is 0.258. The fraction of sp³-hybridized carbons (Fsp3) is 0.535. The third-order valence-corrected chi connectivity index (χ3v) is 13.7. The Morgan fingerprint density at radius 1 is 1.00 bits per heavy atom. The Labute approximate surface area is 345 Å². The topological polar surface area (TPSA) is 191 Å². The molecule has 0 radical (unpaired) electrons. The highest BCUT2D eigenvalue weighted by atomic mass is 32.2. The van der Waals surface area contributed by atoms with E-state index >= 15 is 0 Å². The predicted octanol–water partition coefficient (Wildman–Crippen LogP) is 5.08. The zero-order valence-corrected chi connectivity index (χ0v) is 35.1. The van der Waals surface area contributed by atoms with E-state index in [-0.39, 0.29) is 26.0 Å². The molecular formula is C43H55N7O8S. The summed E-state index contributed by atoms with van der Waals surface area (Å²) in [7, 11) is -2.26. The second kappa shape index (κ2) is 16.8. The van der Waals surface area contributed by atoms with E-state index in [9.17, 15) is 27.6 Å². The number of benzene rings is 2. The van der Waals surface area contributed by atoms with Gasteiger partial charge in [0.05, 0.1) is 25.0 Å². The van der Waals surface area contributed by atoms with Crippen molar-refractivity contribution < 1.29 is 37.1 Å². The van der Waals surface area contributed by atoms with Crippen LogP contribution in [0.4, 0.5) is 4.79 Å². The number of cyclic esters (lactones) is 1. The van der Waals surface area contributed by atoms with E-state index in [0.29, 0.717) is 30.7 Å². The fourth-order valence-electron chi connectivity index (χ4n) is 8.17. The molecule has 3 N–H and O–H groups in total. The maximum absolute atomic E-state index is 14.8. The third kappa shape index (κ3) is 9.02. The lowest BCUT2D eigenvalue weighted by molar-refractivity contribution is -0.142. The lowest BCUT2D eigenvalue weighted by Crippen LogP contribution is -2.60. The summed E-state index contributed by atoms with van der Waals surface area (Å²) in [6, 6.07) is 12.8. The van der Waals surface area contributed by atoms with Crippen molar-refractivity contribution in [2.75, 3.05) is 20.3 Å². The van der Waals surface area contributed by atoms with Crippen LogP contribution >= 0.6 is 0 Å². The molecule has 1 aromatic heterocycles. The summed E-state index contributed by atoms with van der Waals surface area (Å²) in [5.41, 5.74) is 1.56. The van der Waals surface area contributed by atoms with Crippen LogP contribution < -0.4 is 20.1 Å². The first kappa shape index (κ1) is 41.9. The van der Waals surface area contributed by atoms with Crippen LogP contribution in [-0.2, 0) is 35.6 Å². The average Bonchev–Trinajstić information content (AvgIpc) is 4.10. The van der Waals surface area contributed by atoms with Gasteiger partial charge in [-0.1, -0.05) is 76.4 Å². The van der Waals surface area contributed by atoms with Crippen LogP contribution in [-0.4, -0.2) is 95.3 Å². The van der Waals surface area contributed by atoms with Crippen molar-refractivity contribution in [1.29, 1.82) is 0 Å². The molecule has 4 amide bonds. The zero-order chi connectivity index (χ0) is 42.1. The maximum atomic E-state index is 14.8. The van der Waals surface area contributed by atoms with E-state index in [2.05, 4.69) is 28.0 Å². The van der Waals surface area contributed by atoms with Gasteiger partial charge in [0.2, 0.25) is 21.8 Å². The van der Waals surface area contributed by atoms with E-state index in [0.717, 1.165) is 54.5 Å². The Morgan fingerprint density at radius 3 is 2.36 bits per heavy atom. The predicted molar refractivity (Wildman–Crippen MR) is 220 cm³/mol. The molecule has 1 saturated heterocycles. The van der Waals surface area contributed by atoms with Crippen molar-refractivity contribution in [3.05, 3.63) is 66.7 Å². The first-order chi connectivity index (χ1) is 28.1. The van der Waals surface area contributed by atoms with E-state index < -0.39 is 74.1 Å². The highest BCUT2D eigenvalue weighted by Gasteiger charge is 2.62. The average molecular weight is 830 g/mol. The number of sulfonamides is 1. The molecule has 2 aliphatic carbocycles. The zero-order valence-electron chi connectivity index (χ0n) is 34.2. The molecule has 4 aliphatic rings. The van der Waals surface area contributed by atoms with E-state index in [1.54, 1.807) is 11.9 Å². The number of carbonyl (C=O) groups is 4. The summed E-state index contributed by atoms with van der Waals surface area (Å²) in [6.45, 7) is 9.44. The summed E-state index contributed by atoms with van der Waals surface area (Å²) in [5, 5.41) is 15.1. The minimum Gasteiger partial charge on any atom is -0.496 e. The monoisotopic (exact) mass is 829 g/mol. The molecule has 16 heteroatoms. The minimum absolute atomic E-state index is 0.00339. The van der Waals surface area contributed by atoms with Crippen molar-refractivity contribution in [2.45, 2.75) is 114 Å². The number of hydrogen-bond donors (Lipinski definition) is 3. The molecule has 316 valence electrons. The number of ether oxygens (including phenoxy) is 2. The van der Waals surface area contributed by atoms with Crippen molar-refractivity contribution in [3.63, 3.8) is 0 Å². The number of nitrogens with zero attached hydrogens (tertiary/aromatic N) is 4. The molecule has 7 rings (SSSR count). The lowest BCUT2D eigenvalue weighted by atomic mass is 9.85.